The fourth-order valence-electron chi connectivity index (χ4n) is 3.88. The number of carboxylic acid groups (broad SMARTS) is 1. The second kappa shape index (κ2) is 2.48. The molecule has 5 unspecified atom stereocenters. The van der Waals surface area contributed by atoms with E-state index in [4.69, 9.17) is 5.11 Å². The molecule has 0 aromatic carbocycles. The number of alkyl halides is 1. The third-order valence-electron chi connectivity index (χ3n) is 4.40. The maximum atomic E-state index is 14.3. The van der Waals surface area contributed by atoms with Crippen molar-refractivity contribution in [2.45, 2.75) is 31.0 Å². The average Bonchev–Trinajstić information content (AvgIpc) is 2.70. The molecule has 1 heterocycles. The fourth-order valence-corrected chi connectivity index (χ4v) is 3.88. The zero-order chi connectivity index (χ0) is 9.92. The summed E-state index contributed by atoms with van der Waals surface area (Å²) in [7, 11) is 0. The summed E-state index contributed by atoms with van der Waals surface area (Å²) < 4.78 is 14.3. The van der Waals surface area contributed by atoms with E-state index in [1.165, 1.54) is 0 Å². The number of carboxylic acids is 1. The minimum atomic E-state index is -1.18. The molecule has 0 radical (unpaired) electrons. The Morgan fingerprint density at radius 2 is 2.36 bits per heavy atom. The molecule has 4 heteroatoms. The van der Waals surface area contributed by atoms with Crippen molar-refractivity contribution in [3.63, 3.8) is 0 Å². The highest BCUT2D eigenvalue weighted by atomic mass is 19.1. The Balaban J connectivity index is 1.94. The molecule has 1 saturated heterocycles. The zero-order valence-corrected chi connectivity index (χ0v) is 7.87. The van der Waals surface area contributed by atoms with Gasteiger partial charge in [-0.3, -0.25) is 4.79 Å². The van der Waals surface area contributed by atoms with Crippen LogP contribution in [-0.2, 0) is 4.79 Å². The molecule has 3 nitrogen and oxygen atoms in total. The highest BCUT2D eigenvalue weighted by Gasteiger charge is 2.64. The molecule has 2 bridgehead atoms. The summed E-state index contributed by atoms with van der Waals surface area (Å²) in [6.45, 7) is 0.692. The molecule has 3 rings (SSSR count). The summed E-state index contributed by atoms with van der Waals surface area (Å²) >= 11 is 0. The van der Waals surface area contributed by atoms with Gasteiger partial charge in [-0.05, 0) is 37.6 Å². The number of carbonyl (C=O) groups is 1. The van der Waals surface area contributed by atoms with E-state index in [0.717, 1.165) is 6.42 Å². The quantitative estimate of drug-likeness (QED) is 0.656. The van der Waals surface area contributed by atoms with Crippen LogP contribution in [0.3, 0.4) is 0 Å². The summed E-state index contributed by atoms with van der Waals surface area (Å²) in [5.74, 6) is -0.447. The molecule has 0 spiro atoms. The number of hydrogen-bond donors (Lipinski definition) is 2. The lowest BCUT2D eigenvalue weighted by atomic mass is 9.77. The van der Waals surface area contributed by atoms with E-state index in [9.17, 15) is 9.18 Å². The lowest BCUT2D eigenvalue weighted by Gasteiger charge is -2.30. The Morgan fingerprint density at radius 3 is 3.07 bits per heavy atom. The van der Waals surface area contributed by atoms with E-state index in [0.29, 0.717) is 25.3 Å². The number of rotatable bonds is 1. The van der Waals surface area contributed by atoms with Crippen molar-refractivity contribution in [1.29, 1.82) is 0 Å². The molecule has 78 valence electrons. The number of hydrogen-bond acceptors (Lipinski definition) is 2. The predicted molar refractivity (Wildman–Crippen MR) is 47.6 cm³/mol. The maximum Gasteiger partial charge on any atom is 0.321 e. The topological polar surface area (TPSA) is 49.3 Å². The highest BCUT2D eigenvalue weighted by Crippen LogP contribution is 2.59. The molecule has 2 aliphatic carbocycles. The van der Waals surface area contributed by atoms with Gasteiger partial charge in [0.25, 0.3) is 0 Å². The van der Waals surface area contributed by atoms with Crippen molar-refractivity contribution in [3.05, 3.63) is 0 Å². The van der Waals surface area contributed by atoms with Crippen LogP contribution in [-0.4, -0.2) is 29.3 Å². The highest BCUT2D eigenvalue weighted by molar-refractivity contribution is 5.75. The Morgan fingerprint density at radius 1 is 1.57 bits per heavy atom. The van der Waals surface area contributed by atoms with Crippen LogP contribution in [0.25, 0.3) is 0 Å². The predicted octanol–water partition coefficient (Wildman–Crippen LogP) is 0.797. The number of aliphatic carboxylic acids is 1. The maximum absolute atomic E-state index is 14.3. The first-order chi connectivity index (χ1) is 6.62. The Bertz CT molecular complexity index is 296. The molecule has 0 amide bonds. The Labute approximate surface area is 81.7 Å². The first-order valence-corrected chi connectivity index (χ1v) is 5.27. The van der Waals surface area contributed by atoms with Gasteiger partial charge in [-0.25, -0.2) is 4.39 Å². The van der Waals surface area contributed by atoms with Gasteiger partial charge in [-0.15, -0.1) is 0 Å². The Kier molecular flexibility index (Phi) is 1.53. The van der Waals surface area contributed by atoms with Gasteiger partial charge in [0, 0.05) is 5.92 Å². The largest absolute Gasteiger partial charge is 0.480 e. The molecular weight excluding hydrogens is 185 g/mol. The minimum Gasteiger partial charge on any atom is -0.480 e. The van der Waals surface area contributed by atoms with Crippen LogP contribution < -0.4 is 5.32 Å². The number of fused-ring (bicyclic) bond motifs is 5. The molecule has 3 aliphatic rings. The summed E-state index contributed by atoms with van der Waals surface area (Å²) in [6, 6.07) is -0.643. The van der Waals surface area contributed by atoms with Crippen LogP contribution in [0.15, 0.2) is 0 Å². The smallest absolute Gasteiger partial charge is 0.321 e. The van der Waals surface area contributed by atoms with E-state index in [1.54, 1.807) is 0 Å². The normalized spacial score (nSPS) is 54.9. The fraction of sp³-hybridized carbons (Fsp3) is 0.900. The zero-order valence-electron chi connectivity index (χ0n) is 7.87. The van der Waals surface area contributed by atoms with Gasteiger partial charge in [0.05, 0.1) is 0 Å². The summed E-state index contributed by atoms with van der Waals surface area (Å²) in [5.41, 5.74) is -1.18. The van der Waals surface area contributed by atoms with Crippen LogP contribution >= 0.6 is 0 Å². The molecule has 2 N–H and O–H groups in total. The first kappa shape index (κ1) is 8.65. The molecule has 0 aromatic rings. The Hall–Kier alpha value is -0.640. The van der Waals surface area contributed by atoms with Gasteiger partial charge in [0.2, 0.25) is 0 Å². The van der Waals surface area contributed by atoms with Crippen molar-refractivity contribution in [3.8, 4) is 0 Å². The van der Waals surface area contributed by atoms with Crippen molar-refractivity contribution in [2.75, 3.05) is 6.54 Å². The van der Waals surface area contributed by atoms with E-state index in [-0.39, 0.29) is 11.8 Å². The lowest BCUT2D eigenvalue weighted by Crippen LogP contribution is -2.44. The van der Waals surface area contributed by atoms with Gasteiger partial charge >= 0.3 is 5.97 Å². The van der Waals surface area contributed by atoms with Crippen LogP contribution in [0.1, 0.15) is 19.3 Å². The van der Waals surface area contributed by atoms with Crippen molar-refractivity contribution < 1.29 is 14.3 Å². The van der Waals surface area contributed by atoms with Gasteiger partial charge in [0.15, 0.2) is 0 Å². The third kappa shape index (κ3) is 0.874. The van der Waals surface area contributed by atoms with Crippen LogP contribution in [0.2, 0.25) is 0 Å². The molecular formula is C10H14FNO2. The monoisotopic (exact) mass is 199 g/mol. The lowest BCUT2D eigenvalue weighted by molar-refractivity contribution is -0.141. The van der Waals surface area contributed by atoms with E-state index >= 15 is 0 Å². The summed E-state index contributed by atoms with van der Waals surface area (Å²) in [6.07, 6.45) is 2.13. The van der Waals surface area contributed by atoms with E-state index < -0.39 is 17.7 Å². The molecule has 5 atom stereocenters. The molecule has 14 heavy (non-hydrogen) atoms. The molecule has 0 aromatic heterocycles. The standard InChI is InChI=1S/C10H14FNO2/c11-10-2-1-5(3-10)6-4-12-8(7(6)10)9(13)14/h5-8,12H,1-4H2,(H,13,14). The van der Waals surface area contributed by atoms with Gasteiger partial charge in [-0.1, -0.05) is 0 Å². The van der Waals surface area contributed by atoms with Crippen molar-refractivity contribution in [1.82, 2.24) is 5.32 Å². The SMILES string of the molecule is O=C(O)C1NCC2C3CCC(F)(C3)C12. The van der Waals surface area contributed by atoms with E-state index in [2.05, 4.69) is 5.32 Å². The minimum absolute atomic E-state index is 0.265. The third-order valence-corrected chi connectivity index (χ3v) is 4.40. The molecule has 1 aliphatic heterocycles. The second-order valence-electron chi connectivity index (χ2n) is 4.95. The van der Waals surface area contributed by atoms with Gasteiger partial charge < -0.3 is 10.4 Å². The van der Waals surface area contributed by atoms with E-state index in [1.807, 2.05) is 0 Å². The number of halogens is 1. The average molecular weight is 199 g/mol. The van der Waals surface area contributed by atoms with Crippen LogP contribution in [0.4, 0.5) is 4.39 Å². The second-order valence-corrected chi connectivity index (χ2v) is 4.95. The molecule has 3 fully saturated rings. The van der Waals surface area contributed by atoms with Gasteiger partial charge in [-0.2, -0.15) is 0 Å². The summed E-state index contributed by atoms with van der Waals surface area (Å²) in [4.78, 5) is 10.9. The number of nitrogens with one attached hydrogen (secondary N) is 1. The van der Waals surface area contributed by atoms with Crippen LogP contribution in [0, 0.1) is 17.8 Å². The van der Waals surface area contributed by atoms with Gasteiger partial charge in [0.1, 0.15) is 11.7 Å². The van der Waals surface area contributed by atoms with Crippen molar-refractivity contribution >= 4 is 5.97 Å². The first-order valence-electron chi connectivity index (χ1n) is 5.27. The summed E-state index contributed by atoms with van der Waals surface area (Å²) in [5, 5.41) is 11.9. The van der Waals surface area contributed by atoms with Crippen LogP contribution in [0.5, 0.6) is 0 Å². The van der Waals surface area contributed by atoms with Crippen molar-refractivity contribution in [2.24, 2.45) is 17.8 Å². The molecule has 2 saturated carbocycles.